The molecule has 6 heteroatoms. The van der Waals surface area contributed by atoms with Gasteiger partial charge in [0.15, 0.2) is 0 Å². The van der Waals surface area contributed by atoms with Gasteiger partial charge in [-0.25, -0.2) is 9.88 Å². The van der Waals surface area contributed by atoms with Crippen LogP contribution in [0.15, 0.2) is 60.9 Å². The van der Waals surface area contributed by atoms with Crippen molar-refractivity contribution in [3.63, 3.8) is 0 Å². The Balaban J connectivity index is 1.81. The quantitative estimate of drug-likeness (QED) is 0.681. The number of hydrogen-bond acceptors (Lipinski definition) is 3. The van der Waals surface area contributed by atoms with Gasteiger partial charge in [-0.15, -0.1) is 0 Å². The highest BCUT2D eigenvalue weighted by atomic mass is 35.5. The Bertz CT molecular complexity index is 990. The number of halogens is 1. The predicted octanol–water partition coefficient (Wildman–Crippen LogP) is 3.10. The Hall–Kier alpha value is -2.92. The largest absolute Gasteiger partial charge is 0.294 e. The van der Waals surface area contributed by atoms with Gasteiger partial charge in [0.1, 0.15) is 12.0 Å². The fraction of sp³-hybridized carbons (Fsp3) is 0. The van der Waals surface area contributed by atoms with Gasteiger partial charge in [-0.1, -0.05) is 35.9 Å². The molecule has 0 radical (unpaired) electrons. The minimum Gasteiger partial charge on any atom is -0.294 e. The number of amides is 2. The maximum absolute atomic E-state index is 12.7. The number of nitrogens with zero attached hydrogens (tertiary/aromatic N) is 3. The highest BCUT2D eigenvalue weighted by Gasteiger charge is 2.34. The van der Waals surface area contributed by atoms with E-state index in [9.17, 15) is 9.59 Å². The van der Waals surface area contributed by atoms with Crippen LogP contribution in [-0.4, -0.2) is 21.4 Å². The van der Waals surface area contributed by atoms with Crippen LogP contribution in [0.4, 0.5) is 5.69 Å². The third-order valence-corrected chi connectivity index (χ3v) is 4.03. The van der Waals surface area contributed by atoms with E-state index < -0.39 is 11.8 Å². The molecule has 0 fully saturated rings. The maximum atomic E-state index is 12.7. The third kappa shape index (κ3) is 2.05. The number of aromatic nitrogens is 2. The molecule has 5 nitrogen and oxygen atoms in total. The number of carbonyl (C=O) groups is 2. The lowest BCUT2D eigenvalue weighted by Crippen LogP contribution is -2.31. The molecule has 0 saturated carbocycles. The lowest BCUT2D eigenvalue weighted by Gasteiger charge is -2.16. The molecule has 1 aromatic heterocycles. The Kier molecular flexibility index (Phi) is 3.02. The summed E-state index contributed by atoms with van der Waals surface area (Å²) in [6.45, 7) is 0. The average Bonchev–Trinajstić information content (AvgIpc) is 3.09. The van der Waals surface area contributed by atoms with Crippen molar-refractivity contribution in [3.05, 3.63) is 66.0 Å². The predicted molar refractivity (Wildman–Crippen MR) is 88.0 cm³/mol. The first-order valence-corrected chi connectivity index (χ1v) is 7.32. The van der Waals surface area contributed by atoms with E-state index in [0.717, 1.165) is 15.9 Å². The molecule has 4 rings (SSSR count). The highest BCUT2D eigenvalue weighted by Crippen LogP contribution is 2.31. The molecule has 2 heterocycles. The summed E-state index contributed by atoms with van der Waals surface area (Å²) < 4.78 is 1.62. The average molecular weight is 324 g/mol. The van der Waals surface area contributed by atoms with Crippen molar-refractivity contribution in [2.75, 3.05) is 4.90 Å². The summed E-state index contributed by atoms with van der Waals surface area (Å²) in [5.41, 5.74) is 2.15. The maximum Gasteiger partial charge on any atom is 0.282 e. The van der Waals surface area contributed by atoms with Gasteiger partial charge in [0, 0.05) is 6.08 Å². The van der Waals surface area contributed by atoms with Crippen LogP contribution in [0.2, 0.25) is 5.02 Å². The van der Waals surface area contributed by atoms with E-state index in [2.05, 4.69) is 4.98 Å². The summed E-state index contributed by atoms with van der Waals surface area (Å²) >= 11 is 6.11. The number of hydrogen-bond donors (Lipinski definition) is 0. The second kappa shape index (κ2) is 5.07. The Morgan fingerprint density at radius 2 is 1.70 bits per heavy atom. The van der Waals surface area contributed by atoms with Gasteiger partial charge in [-0.05, 0) is 24.3 Å². The number of rotatable bonds is 2. The second-order valence-corrected chi connectivity index (χ2v) is 5.47. The summed E-state index contributed by atoms with van der Waals surface area (Å²) in [5.74, 6) is -0.845. The molecule has 1 aliphatic rings. The van der Waals surface area contributed by atoms with Crippen LogP contribution in [0.25, 0.3) is 16.7 Å². The second-order valence-electron chi connectivity index (χ2n) is 5.06. The summed E-state index contributed by atoms with van der Waals surface area (Å²) in [4.78, 5) is 30.4. The van der Waals surface area contributed by atoms with E-state index in [4.69, 9.17) is 11.6 Å². The van der Waals surface area contributed by atoms with Gasteiger partial charge >= 0.3 is 0 Å². The molecule has 112 valence electrons. The normalized spacial score (nSPS) is 14.7. The number of benzene rings is 2. The molecular formula is C17H10ClN3O2. The van der Waals surface area contributed by atoms with Crippen LogP contribution in [0.5, 0.6) is 0 Å². The fourth-order valence-corrected chi connectivity index (χ4v) is 2.86. The molecule has 0 unspecified atom stereocenters. The molecule has 2 aromatic carbocycles. The molecule has 3 aromatic rings. The first-order valence-electron chi connectivity index (χ1n) is 6.94. The molecule has 0 spiro atoms. The molecule has 1 aliphatic heterocycles. The van der Waals surface area contributed by atoms with Gasteiger partial charge in [0.05, 0.1) is 21.7 Å². The first-order chi connectivity index (χ1) is 11.2. The van der Waals surface area contributed by atoms with Crippen LogP contribution in [0.1, 0.15) is 0 Å². The minimum atomic E-state index is -0.425. The van der Waals surface area contributed by atoms with Crippen molar-refractivity contribution in [2.45, 2.75) is 0 Å². The van der Waals surface area contributed by atoms with Gasteiger partial charge in [-0.2, -0.15) is 0 Å². The van der Waals surface area contributed by atoms with Crippen molar-refractivity contribution in [2.24, 2.45) is 0 Å². The highest BCUT2D eigenvalue weighted by molar-refractivity contribution is 6.43. The van der Waals surface area contributed by atoms with Gasteiger partial charge in [0.2, 0.25) is 0 Å². The number of imide groups is 1. The number of fused-ring (bicyclic) bond motifs is 1. The van der Waals surface area contributed by atoms with Crippen molar-refractivity contribution in [1.29, 1.82) is 0 Å². The van der Waals surface area contributed by atoms with E-state index >= 15 is 0 Å². The topological polar surface area (TPSA) is 55.2 Å². The molecular weight excluding hydrogens is 314 g/mol. The molecule has 23 heavy (non-hydrogen) atoms. The van der Waals surface area contributed by atoms with Crippen LogP contribution in [-0.2, 0) is 9.59 Å². The van der Waals surface area contributed by atoms with Crippen molar-refractivity contribution in [3.8, 4) is 0 Å². The monoisotopic (exact) mass is 323 g/mol. The number of imidazole rings is 1. The van der Waals surface area contributed by atoms with Crippen LogP contribution in [0, 0.1) is 0 Å². The van der Waals surface area contributed by atoms with E-state index in [-0.39, 0.29) is 5.70 Å². The number of para-hydroxylation sites is 3. The lowest BCUT2D eigenvalue weighted by molar-refractivity contribution is -0.119. The zero-order valence-corrected chi connectivity index (χ0v) is 12.6. The van der Waals surface area contributed by atoms with Crippen LogP contribution in [0.3, 0.4) is 0 Å². The number of anilines is 1. The van der Waals surface area contributed by atoms with E-state index in [1.807, 2.05) is 24.3 Å². The Morgan fingerprint density at radius 3 is 2.52 bits per heavy atom. The van der Waals surface area contributed by atoms with E-state index in [1.165, 1.54) is 12.4 Å². The van der Waals surface area contributed by atoms with Gasteiger partial charge < -0.3 is 0 Å². The van der Waals surface area contributed by atoms with Crippen LogP contribution < -0.4 is 4.90 Å². The Morgan fingerprint density at radius 1 is 0.957 bits per heavy atom. The fourth-order valence-electron chi connectivity index (χ4n) is 2.64. The smallest absolute Gasteiger partial charge is 0.282 e. The zero-order chi connectivity index (χ0) is 16.0. The van der Waals surface area contributed by atoms with Crippen molar-refractivity contribution in [1.82, 2.24) is 9.55 Å². The van der Waals surface area contributed by atoms with Crippen molar-refractivity contribution < 1.29 is 9.59 Å². The summed E-state index contributed by atoms with van der Waals surface area (Å²) in [6.07, 6.45) is 2.84. The zero-order valence-electron chi connectivity index (χ0n) is 11.8. The molecule has 2 amide bonds. The standard InChI is InChI=1S/C17H10ClN3O2/c18-11-5-1-3-7-13(11)21-16(22)9-15(17(21)23)20-10-19-12-6-2-4-8-14(12)20/h1-10H. The van der Waals surface area contributed by atoms with E-state index in [0.29, 0.717) is 10.7 Å². The molecule has 0 saturated heterocycles. The van der Waals surface area contributed by atoms with Gasteiger partial charge in [-0.3, -0.25) is 14.2 Å². The molecule has 0 N–H and O–H groups in total. The Labute approximate surface area is 136 Å². The summed E-state index contributed by atoms with van der Waals surface area (Å²) in [5, 5.41) is 0.347. The molecule has 0 aliphatic carbocycles. The number of carbonyl (C=O) groups excluding carboxylic acids is 2. The molecule has 0 bridgehead atoms. The van der Waals surface area contributed by atoms with Crippen LogP contribution >= 0.6 is 11.6 Å². The third-order valence-electron chi connectivity index (χ3n) is 3.71. The minimum absolute atomic E-state index is 0.253. The first kappa shape index (κ1) is 13.7. The lowest BCUT2D eigenvalue weighted by atomic mass is 10.3. The SMILES string of the molecule is O=C1C=C(n2cnc3ccccc32)C(=O)N1c1ccccc1Cl. The van der Waals surface area contributed by atoms with Gasteiger partial charge in [0.25, 0.3) is 11.8 Å². The molecule has 0 atom stereocenters. The summed E-state index contributed by atoms with van der Waals surface area (Å²) in [7, 11) is 0. The van der Waals surface area contributed by atoms with E-state index in [1.54, 1.807) is 28.8 Å². The summed E-state index contributed by atoms with van der Waals surface area (Å²) in [6, 6.07) is 14.2. The van der Waals surface area contributed by atoms with Crippen molar-refractivity contribution >= 4 is 45.8 Å².